The number of nitrogens with zero attached hydrogens (tertiary/aromatic N) is 1. The molecule has 4 rings (SSSR count). The lowest BCUT2D eigenvalue weighted by atomic mass is 9.95. The number of hydrogen-bond donors (Lipinski definition) is 1. The number of ether oxygens (including phenoxy) is 1. The van der Waals surface area contributed by atoms with Crippen LogP contribution in [-0.2, 0) is 19.5 Å². The molecular formula is C24H31FN2O. The van der Waals surface area contributed by atoms with Crippen molar-refractivity contribution >= 4 is 0 Å². The van der Waals surface area contributed by atoms with E-state index in [0.717, 1.165) is 70.3 Å². The highest BCUT2D eigenvalue weighted by atomic mass is 19.1. The Morgan fingerprint density at radius 1 is 1.04 bits per heavy atom. The molecule has 0 radical (unpaired) electrons. The van der Waals surface area contributed by atoms with Gasteiger partial charge in [-0.25, -0.2) is 4.39 Å². The van der Waals surface area contributed by atoms with Crippen LogP contribution in [0.25, 0.3) is 0 Å². The highest BCUT2D eigenvalue weighted by Gasteiger charge is 2.16. The van der Waals surface area contributed by atoms with E-state index in [1.807, 2.05) is 12.1 Å². The van der Waals surface area contributed by atoms with Crippen molar-refractivity contribution < 1.29 is 9.13 Å². The van der Waals surface area contributed by atoms with E-state index in [4.69, 9.17) is 4.74 Å². The lowest BCUT2D eigenvalue weighted by Gasteiger charge is -2.23. The summed E-state index contributed by atoms with van der Waals surface area (Å²) in [6.07, 6.45) is 5.96. The molecule has 0 saturated carbocycles. The molecule has 0 atom stereocenters. The van der Waals surface area contributed by atoms with Crippen molar-refractivity contribution in [3.8, 4) is 5.75 Å². The summed E-state index contributed by atoms with van der Waals surface area (Å²) in [6.45, 7) is 5.96. The second-order valence-corrected chi connectivity index (χ2v) is 8.20. The van der Waals surface area contributed by atoms with Gasteiger partial charge in [0.2, 0.25) is 0 Å². The smallest absolute Gasteiger partial charge is 0.123 e. The zero-order valence-electron chi connectivity index (χ0n) is 16.6. The zero-order valence-corrected chi connectivity index (χ0v) is 16.6. The highest BCUT2D eigenvalue weighted by Crippen LogP contribution is 2.25. The molecule has 2 aromatic carbocycles. The Labute approximate surface area is 167 Å². The maximum absolute atomic E-state index is 13.2. The summed E-state index contributed by atoms with van der Waals surface area (Å²) in [4.78, 5) is 2.46. The molecule has 0 bridgehead atoms. The lowest BCUT2D eigenvalue weighted by molar-refractivity contribution is 0.249. The topological polar surface area (TPSA) is 24.5 Å². The van der Waals surface area contributed by atoms with Gasteiger partial charge in [0.05, 0.1) is 6.61 Å². The Balaban J connectivity index is 1.35. The van der Waals surface area contributed by atoms with Crippen molar-refractivity contribution in [2.24, 2.45) is 5.92 Å². The van der Waals surface area contributed by atoms with E-state index in [2.05, 4.69) is 28.4 Å². The van der Waals surface area contributed by atoms with E-state index < -0.39 is 0 Å². The largest absolute Gasteiger partial charge is 0.494 e. The molecule has 2 aliphatic heterocycles. The third kappa shape index (κ3) is 5.33. The van der Waals surface area contributed by atoms with E-state index in [9.17, 15) is 4.39 Å². The van der Waals surface area contributed by atoms with Gasteiger partial charge in [0.15, 0.2) is 0 Å². The minimum absolute atomic E-state index is 0.170. The first-order valence-corrected chi connectivity index (χ1v) is 10.7. The number of benzene rings is 2. The summed E-state index contributed by atoms with van der Waals surface area (Å²) in [5.41, 5.74) is 3.98. The van der Waals surface area contributed by atoms with Crippen LogP contribution in [0.4, 0.5) is 4.39 Å². The summed E-state index contributed by atoms with van der Waals surface area (Å²) in [5.74, 6) is 1.63. The van der Waals surface area contributed by atoms with Crippen molar-refractivity contribution in [2.45, 2.75) is 45.2 Å². The summed E-state index contributed by atoms with van der Waals surface area (Å²) in [6, 6.07) is 13.5. The fraction of sp³-hybridized carbons (Fsp3) is 0.500. The van der Waals surface area contributed by atoms with Gasteiger partial charge in [-0.05, 0) is 98.6 Å². The van der Waals surface area contributed by atoms with Crippen molar-refractivity contribution in [3.63, 3.8) is 0 Å². The molecule has 2 aliphatic rings. The lowest BCUT2D eigenvalue weighted by Crippen LogP contribution is -2.28. The number of aryl methyl sites for hydroxylation is 1. The first kappa shape index (κ1) is 19.4. The van der Waals surface area contributed by atoms with Crippen LogP contribution in [-0.4, -0.2) is 31.1 Å². The van der Waals surface area contributed by atoms with Crippen LogP contribution in [0.3, 0.4) is 0 Å². The minimum atomic E-state index is -0.170. The molecule has 1 saturated heterocycles. The van der Waals surface area contributed by atoms with Crippen LogP contribution in [0.5, 0.6) is 5.75 Å². The van der Waals surface area contributed by atoms with E-state index in [1.165, 1.54) is 29.5 Å². The fourth-order valence-corrected chi connectivity index (χ4v) is 4.39. The van der Waals surface area contributed by atoms with Crippen molar-refractivity contribution in [3.05, 3.63) is 65.0 Å². The molecule has 0 spiro atoms. The summed E-state index contributed by atoms with van der Waals surface area (Å²) in [5, 5.41) is 3.42. The van der Waals surface area contributed by atoms with Crippen molar-refractivity contribution in [1.29, 1.82) is 0 Å². The molecule has 3 nitrogen and oxygen atoms in total. The Morgan fingerprint density at radius 3 is 2.68 bits per heavy atom. The Morgan fingerprint density at radius 2 is 1.86 bits per heavy atom. The van der Waals surface area contributed by atoms with Gasteiger partial charge in [-0.3, -0.25) is 4.90 Å². The molecular weight excluding hydrogens is 351 g/mol. The molecule has 1 fully saturated rings. The summed E-state index contributed by atoms with van der Waals surface area (Å²) >= 11 is 0. The number of rotatable bonds is 6. The third-order valence-corrected chi connectivity index (χ3v) is 6.07. The van der Waals surface area contributed by atoms with Crippen LogP contribution in [0.15, 0.2) is 42.5 Å². The van der Waals surface area contributed by atoms with Gasteiger partial charge in [-0.1, -0.05) is 18.2 Å². The highest BCUT2D eigenvalue weighted by molar-refractivity contribution is 5.36. The molecule has 150 valence electrons. The Hall–Kier alpha value is -1.91. The molecule has 1 N–H and O–H groups in total. The predicted molar refractivity (Wildman–Crippen MR) is 111 cm³/mol. The number of nitrogens with one attached hydrogen (secondary N) is 1. The van der Waals surface area contributed by atoms with E-state index in [0.29, 0.717) is 0 Å². The monoisotopic (exact) mass is 382 g/mol. The maximum atomic E-state index is 13.2. The number of piperidine rings is 1. The van der Waals surface area contributed by atoms with Gasteiger partial charge < -0.3 is 10.1 Å². The number of fused-ring (bicyclic) bond motifs is 1. The summed E-state index contributed by atoms with van der Waals surface area (Å²) < 4.78 is 19.3. The normalized spacial score (nSPS) is 18.5. The van der Waals surface area contributed by atoms with Crippen LogP contribution in [0, 0.1) is 11.7 Å². The molecule has 0 amide bonds. The first-order chi connectivity index (χ1) is 13.8. The fourth-order valence-electron chi connectivity index (χ4n) is 4.39. The first-order valence-electron chi connectivity index (χ1n) is 10.7. The standard InChI is InChI=1S/C24H31FN2O/c25-23-6-3-20(4-7-23)17-27-14-1-2-21-5-8-24(16-22(21)18-27)28-15-11-19-9-12-26-13-10-19/h3-8,16,19,26H,1-2,9-15,17-18H2. The molecule has 0 unspecified atom stereocenters. The maximum Gasteiger partial charge on any atom is 0.123 e. The Bertz CT molecular complexity index is 756. The zero-order chi connectivity index (χ0) is 19.2. The van der Waals surface area contributed by atoms with E-state index in [1.54, 1.807) is 12.1 Å². The predicted octanol–water partition coefficient (Wildman–Crippen LogP) is 4.54. The molecule has 4 heteroatoms. The molecule has 0 aromatic heterocycles. The molecule has 28 heavy (non-hydrogen) atoms. The molecule has 2 aromatic rings. The second kappa shape index (κ2) is 9.53. The minimum Gasteiger partial charge on any atom is -0.494 e. The van der Waals surface area contributed by atoms with E-state index in [-0.39, 0.29) is 5.82 Å². The Kier molecular flexibility index (Phi) is 6.61. The van der Waals surface area contributed by atoms with Gasteiger partial charge >= 0.3 is 0 Å². The summed E-state index contributed by atoms with van der Waals surface area (Å²) in [7, 11) is 0. The van der Waals surface area contributed by atoms with Gasteiger partial charge in [0.1, 0.15) is 11.6 Å². The van der Waals surface area contributed by atoms with Crippen LogP contribution >= 0.6 is 0 Å². The molecule has 2 heterocycles. The van der Waals surface area contributed by atoms with Crippen molar-refractivity contribution in [2.75, 3.05) is 26.2 Å². The number of hydrogen-bond acceptors (Lipinski definition) is 3. The SMILES string of the molecule is Fc1ccc(CN2CCCc3ccc(OCCC4CCNCC4)cc3C2)cc1. The van der Waals surface area contributed by atoms with Gasteiger partial charge in [-0.2, -0.15) is 0 Å². The van der Waals surface area contributed by atoms with Crippen LogP contribution in [0.1, 0.15) is 42.4 Å². The van der Waals surface area contributed by atoms with Crippen LogP contribution in [0.2, 0.25) is 0 Å². The van der Waals surface area contributed by atoms with E-state index >= 15 is 0 Å². The second-order valence-electron chi connectivity index (χ2n) is 8.20. The van der Waals surface area contributed by atoms with Gasteiger partial charge in [0.25, 0.3) is 0 Å². The third-order valence-electron chi connectivity index (χ3n) is 6.07. The number of halogens is 1. The van der Waals surface area contributed by atoms with Crippen LogP contribution < -0.4 is 10.1 Å². The average Bonchev–Trinajstić information content (AvgIpc) is 2.92. The average molecular weight is 383 g/mol. The quantitative estimate of drug-likeness (QED) is 0.794. The molecule has 0 aliphatic carbocycles. The van der Waals surface area contributed by atoms with Gasteiger partial charge in [0, 0.05) is 13.1 Å². The van der Waals surface area contributed by atoms with Crippen molar-refractivity contribution in [1.82, 2.24) is 10.2 Å². The van der Waals surface area contributed by atoms with Gasteiger partial charge in [-0.15, -0.1) is 0 Å².